The maximum atomic E-state index is 12.1. The highest BCUT2D eigenvalue weighted by Crippen LogP contribution is 2.28. The third-order valence-electron chi connectivity index (χ3n) is 5.81. The van der Waals surface area contributed by atoms with Gasteiger partial charge in [-0.3, -0.25) is 4.79 Å². The van der Waals surface area contributed by atoms with Crippen molar-refractivity contribution in [2.45, 2.75) is 75.6 Å². The SMILES string of the molecule is CC(C)C(=O)N1CCC(O[C@H]2CC[C@H](Oc3ccc(S(C)(=O)=O)cc3)CC2)CC1. The van der Waals surface area contributed by atoms with Gasteiger partial charge in [-0.25, -0.2) is 8.42 Å². The molecule has 1 saturated heterocycles. The summed E-state index contributed by atoms with van der Waals surface area (Å²) in [6.07, 6.45) is 7.50. The highest BCUT2D eigenvalue weighted by molar-refractivity contribution is 7.90. The summed E-state index contributed by atoms with van der Waals surface area (Å²) in [5, 5.41) is 0. The zero-order valence-electron chi connectivity index (χ0n) is 17.7. The van der Waals surface area contributed by atoms with E-state index >= 15 is 0 Å². The molecular weight excluding hydrogens is 390 g/mol. The van der Waals surface area contributed by atoms with Crippen molar-refractivity contribution in [3.8, 4) is 5.75 Å². The average molecular weight is 424 g/mol. The average Bonchev–Trinajstić information content (AvgIpc) is 2.69. The van der Waals surface area contributed by atoms with E-state index in [1.165, 1.54) is 6.26 Å². The highest BCUT2D eigenvalue weighted by atomic mass is 32.2. The van der Waals surface area contributed by atoms with Crippen molar-refractivity contribution >= 4 is 15.7 Å². The van der Waals surface area contributed by atoms with Crippen molar-refractivity contribution < 1.29 is 22.7 Å². The lowest BCUT2D eigenvalue weighted by molar-refractivity contribution is -0.138. The molecule has 1 heterocycles. The Morgan fingerprint density at radius 3 is 1.97 bits per heavy atom. The number of sulfone groups is 1. The van der Waals surface area contributed by atoms with E-state index in [9.17, 15) is 13.2 Å². The Balaban J connectivity index is 1.39. The van der Waals surface area contributed by atoms with Gasteiger partial charge in [0.1, 0.15) is 5.75 Å². The van der Waals surface area contributed by atoms with E-state index in [1.807, 2.05) is 18.7 Å². The van der Waals surface area contributed by atoms with Crippen LogP contribution in [0, 0.1) is 5.92 Å². The number of carbonyl (C=O) groups excluding carboxylic acids is 1. The van der Waals surface area contributed by atoms with Crippen molar-refractivity contribution in [3.63, 3.8) is 0 Å². The number of carbonyl (C=O) groups is 1. The van der Waals surface area contributed by atoms with Gasteiger partial charge < -0.3 is 14.4 Å². The topological polar surface area (TPSA) is 72.9 Å². The second-order valence-corrected chi connectivity index (χ2v) is 10.6. The van der Waals surface area contributed by atoms with Gasteiger partial charge in [-0.1, -0.05) is 13.8 Å². The smallest absolute Gasteiger partial charge is 0.225 e. The number of hydrogen-bond acceptors (Lipinski definition) is 5. The van der Waals surface area contributed by atoms with E-state index in [1.54, 1.807) is 24.3 Å². The normalized spacial score (nSPS) is 23.9. The van der Waals surface area contributed by atoms with E-state index in [0.717, 1.165) is 51.6 Å². The molecule has 162 valence electrons. The van der Waals surface area contributed by atoms with E-state index in [2.05, 4.69) is 0 Å². The fraction of sp³-hybridized carbons (Fsp3) is 0.682. The quantitative estimate of drug-likeness (QED) is 0.701. The summed E-state index contributed by atoms with van der Waals surface area (Å²) >= 11 is 0. The molecule has 3 rings (SSSR count). The molecule has 1 saturated carbocycles. The van der Waals surface area contributed by atoms with Crippen LogP contribution in [0.4, 0.5) is 0 Å². The van der Waals surface area contributed by atoms with Gasteiger partial charge in [-0.15, -0.1) is 0 Å². The maximum absolute atomic E-state index is 12.1. The van der Waals surface area contributed by atoms with Crippen LogP contribution in [0.3, 0.4) is 0 Å². The van der Waals surface area contributed by atoms with Crippen LogP contribution >= 0.6 is 0 Å². The molecule has 2 aliphatic rings. The molecule has 7 heteroatoms. The van der Waals surface area contributed by atoms with Gasteiger partial charge in [-0.05, 0) is 62.8 Å². The number of hydrogen-bond donors (Lipinski definition) is 0. The second kappa shape index (κ2) is 9.47. The van der Waals surface area contributed by atoms with Crippen molar-refractivity contribution in [1.82, 2.24) is 4.90 Å². The van der Waals surface area contributed by atoms with Crippen molar-refractivity contribution in [2.24, 2.45) is 5.92 Å². The lowest BCUT2D eigenvalue weighted by atomic mass is 9.94. The number of rotatable bonds is 6. The molecule has 0 atom stereocenters. The molecule has 1 aromatic carbocycles. The van der Waals surface area contributed by atoms with E-state index < -0.39 is 9.84 Å². The summed E-state index contributed by atoms with van der Waals surface area (Å²) in [5.41, 5.74) is 0. The molecule has 0 bridgehead atoms. The third-order valence-corrected chi connectivity index (χ3v) is 6.94. The minimum Gasteiger partial charge on any atom is -0.490 e. The summed E-state index contributed by atoms with van der Waals surface area (Å²) in [6, 6.07) is 6.64. The molecule has 0 aromatic heterocycles. The number of benzene rings is 1. The van der Waals surface area contributed by atoms with Crippen LogP contribution in [-0.2, 0) is 19.4 Å². The first-order chi connectivity index (χ1) is 13.7. The highest BCUT2D eigenvalue weighted by Gasteiger charge is 2.29. The van der Waals surface area contributed by atoms with Gasteiger partial charge in [-0.2, -0.15) is 0 Å². The molecule has 2 fully saturated rings. The number of likely N-dealkylation sites (tertiary alicyclic amines) is 1. The summed E-state index contributed by atoms with van der Waals surface area (Å²) in [6.45, 7) is 5.49. The van der Waals surface area contributed by atoms with Gasteiger partial charge in [0.05, 0.1) is 23.2 Å². The molecule has 0 unspecified atom stereocenters. The third kappa shape index (κ3) is 6.19. The lowest BCUT2D eigenvalue weighted by Crippen LogP contribution is -2.43. The maximum Gasteiger partial charge on any atom is 0.225 e. The Labute approximate surface area is 174 Å². The van der Waals surface area contributed by atoms with E-state index in [4.69, 9.17) is 9.47 Å². The van der Waals surface area contributed by atoms with Gasteiger partial charge in [0.15, 0.2) is 9.84 Å². The molecule has 0 radical (unpaired) electrons. The first kappa shape index (κ1) is 22.1. The largest absolute Gasteiger partial charge is 0.490 e. The Hall–Kier alpha value is -1.60. The predicted molar refractivity (Wildman–Crippen MR) is 112 cm³/mol. The summed E-state index contributed by atoms with van der Waals surface area (Å²) in [4.78, 5) is 14.4. The predicted octanol–water partition coefficient (Wildman–Crippen LogP) is 3.44. The number of piperidine rings is 1. The molecule has 0 N–H and O–H groups in total. The zero-order chi connectivity index (χ0) is 21.0. The van der Waals surface area contributed by atoms with Crippen LogP contribution in [0.1, 0.15) is 52.4 Å². The van der Waals surface area contributed by atoms with Crippen LogP contribution in [0.25, 0.3) is 0 Å². The number of amides is 1. The first-order valence-corrected chi connectivity index (χ1v) is 12.5. The fourth-order valence-corrected chi connectivity index (χ4v) is 4.72. The van der Waals surface area contributed by atoms with Crippen molar-refractivity contribution in [1.29, 1.82) is 0 Å². The van der Waals surface area contributed by atoms with Crippen molar-refractivity contribution in [2.75, 3.05) is 19.3 Å². The summed E-state index contributed by atoms with van der Waals surface area (Å²) < 4.78 is 35.4. The lowest BCUT2D eigenvalue weighted by Gasteiger charge is -2.36. The Morgan fingerprint density at radius 1 is 0.931 bits per heavy atom. The summed E-state index contributed by atoms with van der Waals surface area (Å²) in [5.74, 6) is 1.01. The Bertz CT molecular complexity index is 774. The summed E-state index contributed by atoms with van der Waals surface area (Å²) in [7, 11) is -3.18. The van der Waals surface area contributed by atoms with Crippen LogP contribution in [0.15, 0.2) is 29.2 Å². The first-order valence-electron chi connectivity index (χ1n) is 10.6. The van der Waals surface area contributed by atoms with E-state index in [0.29, 0.717) is 10.6 Å². The van der Waals surface area contributed by atoms with Gasteiger partial charge >= 0.3 is 0 Å². The standard InChI is InChI=1S/C22H33NO5S/c1-16(2)22(24)23-14-12-20(13-15-23)28-18-6-4-17(5-7-18)27-19-8-10-21(11-9-19)29(3,25)26/h8-11,16-18,20H,4-7,12-15H2,1-3H3/t17-,18-. The number of nitrogens with zero attached hydrogens (tertiary/aromatic N) is 1. The second-order valence-electron chi connectivity index (χ2n) is 8.58. The van der Waals surface area contributed by atoms with Gasteiger partial charge in [0.2, 0.25) is 5.91 Å². The van der Waals surface area contributed by atoms with Gasteiger partial charge in [0.25, 0.3) is 0 Å². The van der Waals surface area contributed by atoms with Crippen molar-refractivity contribution in [3.05, 3.63) is 24.3 Å². The molecule has 1 aliphatic carbocycles. The minimum atomic E-state index is -3.18. The molecule has 1 aliphatic heterocycles. The van der Waals surface area contributed by atoms with Crippen LogP contribution < -0.4 is 4.74 Å². The monoisotopic (exact) mass is 423 g/mol. The minimum absolute atomic E-state index is 0.0605. The molecule has 29 heavy (non-hydrogen) atoms. The van der Waals surface area contributed by atoms with E-state index in [-0.39, 0.29) is 30.1 Å². The zero-order valence-corrected chi connectivity index (χ0v) is 18.5. The molecule has 1 aromatic rings. The molecule has 1 amide bonds. The van der Waals surface area contributed by atoms with Crippen LogP contribution in [-0.4, -0.2) is 56.9 Å². The molecule has 6 nitrogen and oxygen atoms in total. The molecular formula is C22H33NO5S. The molecule has 0 spiro atoms. The van der Waals surface area contributed by atoms with Crippen LogP contribution in [0.2, 0.25) is 0 Å². The number of ether oxygens (including phenoxy) is 2. The Morgan fingerprint density at radius 2 is 1.45 bits per heavy atom. The Kier molecular flexibility index (Phi) is 7.22. The van der Waals surface area contributed by atoms with Gasteiger partial charge in [0, 0.05) is 25.3 Å². The van der Waals surface area contributed by atoms with Crippen LogP contribution in [0.5, 0.6) is 5.75 Å². The fourth-order valence-electron chi connectivity index (χ4n) is 4.09.